The van der Waals surface area contributed by atoms with Gasteiger partial charge in [-0.2, -0.15) is 0 Å². The molecule has 18 heavy (non-hydrogen) atoms. The maximum Gasteiger partial charge on any atom is 0.165 e. The van der Waals surface area contributed by atoms with Gasteiger partial charge >= 0.3 is 0 Å². The summed E-state index contributed by atoms with van der Waals surface area (Å²) in [6, 6.07) is 5.55. The van der Waals surface area contributed by atoms with Gasteiger partial charge in [0.25, 0.3) is 0 Å². The fourth-order valence-electron chi connectivity index (χ4n) is 2.50. The summed E-state index contributed by atoms with van der Waals surface area (Å²) >= 11 is 0. The number of methoxy groups -OCH3 is 1. The monoisotopic (exact) mass is 252 g/mol. The average molecular weight is 252 g/mol. The molecule has 1 heterocycles. The molecule has 0 spiro atoms. The zero-order valence-corrected chi connectivity index (χ0v) is 11.2. The largest absolute Gasteiger partial charge is 0.494 e. The molecule has 1 aliphatic heterocycles. The number of nitrogens with two attached hydrogens (primary N) is 1. The van der Waals surface area contributed by atoms with Gasteiger partial charge in [0, 0.05) is 25.2 Å². The molecular weight excluding hydrogens is 231 g/mol. The fraction of sp³-hybridized carbons (Fsp3) is 0.571. The van der Waals surface area contributed by atoms with Gasteiger partial charge in [-0.15, -0.1) is 0 Å². The van der Waals surface area contributed by atoms with E-state index in [4.69, 9.17) is 10.5 Å². The normalized spacial score (nSPS) is 26.3. The van der Waals surface area contributed by atoms with E-state index in [9.17, 15) is 4.39 Å². The quantitative estimate of drug-likeness (QED) is 0.896. The SMILES string of the molecule is COc1ccc(C(C)N2CC(C)C(N)C2)cc1F. The highest BCUT2D eigenvalue weighted by molar-refractivity contribution is 5.31. The fourth-order valence-corrected chi connectivity index (χ4v) is 2.50. The van der Waals surface area contributed by atoms with Crippen LogP contribution in [0, 0.1) is 11.7 Å². The van der Waals surface area contributed by atoms with Crippen LogP contribution in [0.5, 0.6) is 5.75 Å². The van der Waals surface area contributed by atoms with Crippen LogP contribution in [0.3, 0.4) is 0 Å². The molecule has 3 unspecified atom stereocenters. The van der Waals surface area contributed by atoms with E-state index in [0.29, 0.717) is 5.92 Å². The number of likely N-dealkylation sites (tertiary alicyclic amines) is 1. The van der Waals surface area contributed by atoms with Crippen molar-refractivity contribution < 1.29 is 9.13 Å². The van der Waals surface area contributed by atoms with Gasteiger partial charge in [-0.1, -0.05) is 13.0 Å². The molecule has 0 radical (unpaired) electrons. The molecule has 1 saturated heterocycles. The topological polar surface area (TPSA) is 38.5 Å². The van der Waals surface area contributed by atoms with Crippen LogP contribution in [0.2, 0.25) is 0 Å². The lowest BCUT2D eigenvalue weighted by Gasteiger charge is -2.24. The Bertz CT molecular complexity index is 414. The zero-order valence-electron chi connectivity index (χ0n) is 11.2. The summed E-state index contributed by atoms with van der Waals surface area (Å²) in [5.74, 6) is 0.478. The van der Waals surface area contributed by atoms with Crippen molar-refractivity contribution in [3.63, 3.8) is 0 Å². The van der Waals surface area contributed by atoms with E-state index in [0.717, 1.165) is 18.7 Å². The zero-order chi connectivity index (χ0) is 13.3. The summed E-state index contributed by atoms with van der Waals surface area (Å²) in [5, 5.41) is 0. The van der Waals surface area contributed by atoms with Crippen LogP contribution in [0.15, 0.2) is 18.2 Å². The minimum absolute atomic E-state index is 0.182. The first-order valence-corrected chi connectivity index (χ1v) is 6.36. The molecule has 0 saturated carbocycles. The van der Waals surface area contributed by atoms with Crippen LogP contribution in [0.4, 0.5) is 4.39 Å². The summed E-state index contributed by atoms with van der Waals surface area (Å²) in [6.07, 6.45) is 0. The molecule has 100 valence electrons. The molecule has 0 amide bonds. The third-order valence-corrected chi connectivity index (χ3v) is 3.90. The molecule has 3 atom stereocenters. The highest BCUT2D eigenvalue weighted by Gasteiger charge is 2.30. The lowest BCUT2D eigenvalue weighted by molar-refractivity contribution is 0.253. The van der Waals surface area contributed by atoms with Crippen molar-refractivity contribution >= 4 is 0 Å². The highest BCUT2D eigenvalue weighted by Crippen LogP contribution is 2.29. The van der Waals surface area contributed by atoms with E-state index >= 15 is 0 Å². The Morgan fingerprint density at radius 1 is 1.44 bits per heavy atom. The van der Waals surface area contributed by atoms with E-state index in [1.807, 2.05) is 6.07 Å². The predicted molar refractivity (Wildman–Crippen MR) is 70.1 cm³/mol. The lowest BCUT2D eigenvalue weighted by Crippen LogP contribution is -2.29. The Hall–Kier alpha value is -1.13. The third-order valence-electron chi connectivity index (χ3n) is 3.90. The highest BCUT2D eigenvalue weighted by atomic mass is 19.1. The van der Waals surface area contributed by atoms with Crippen LogP contribution in [-0.4, -0.2) is 31.1 Å². The Morgan fingerprint density at radius 2 is 2.17 bits per heavy atom. The van der Waals surface area contributed by atoms with Gasteiger partial charge in [-0.3, -0.25) is 4.90 Å². The minimum Gasteiger partial charge on any atom is -0.494 e. The molecule has 1 aromatic carbocycles. The second-order valence-electron chi connectivity index (χ2n) is 5.16. The molecule has 1 aromatic rings. The van der Waals surface area contributed by atoms with Crippen molar-refractivity contribution in [2.24, 2.45) is 11.7 Å². The maximum atomic E-state index is 13.7. The summed E-state index contributed by atoms with van der Waals surface area (Å²) in [5.41, 5.74) is 6.99. The first kappa shape index (κ1) is 13.3. The van der Waals surface area contributed by atoms with Crippen LogP contribution in [0.1, 0.15) is 25.5 Å². The van der Waals surface area contributed by atoms with Crippen LogP contribution in [0.25, 0.3) is 0 Å². The Morgan fingerprint density at radius 3 is 2.67 bits per heavy atom. The second-order valence-corrected chi connectivity index (χ2v) is 5.16. The van der Waals surface area contributed by atoms with E-state index in [-0.39, 0.29) is 23.7 Å². The Balaban J connectivity index is 2.14. The molecule has 2 rings (SSSR count). The van der Waals surface area contributed by atoms with Gasteiger partial charge in [-0.25, -0.2) is 4.39 Å². The maximum absolute atomic E-state index is 13.7. The van der Waals surface area contributed by atoms with Crippen molar-refractivity contribution in [3.05, 3.63) is 29.6 Å². The third kappa shape index (κ3) is 2.49. The van der Waals surface area contributed by atoms with Gasteiger partial charge in [-0.05, 0) is 30.5 Å². The van der Waals surface area contributed by atoms with E-state index in [2.05, 4.69) is 18.7 Å². The first-order chi connectivity index (χ1) is 8.52. The molecule has 3 nitrogen and oxygen atoms in total. The predicted octanol–water partition coefficient (Wildman–Crippen LogP) is 2.17. The Kier molecular flexibility index (Phi) is 3.88. The van der Waals surface area contributed by atoms with E-state index < -0.39 is 0 Å². The first-order valence-electron chi connectivity index (χ1n) is 6.36. The summed E-state index contributed by atoms with van der Waals surface area (Å²) in [6.45, 7) is 6.09. The van der Waals surface area contributed by atoms with Gasteiger partial charge in [0.15, 0.2) is 11.6 Å². The smallest absolute Gasteiger partial charge is 0.165 e. The molecular formula is C14H21FN2O. The number of hydrogen-bond acceptors (Lipinski definition) is 3. The average Bonchev–Trinajstić information content (AvgIpc) is 2.68. The van der Waals surface area contributed by atoms with Crippen LogP contribution >= 0.6 is 0 Å². The molecule has 0 aromatic heterocycles. The van der Waals surface area contributed by atoms with Crippen LogP contribution < -0.4 is 10.5 Å². The molecule has 0 bridgehead atoms. The summed E-state index contributed by atoms with van der Waals surface area (Å²) in [7, 11) is 1.47. The van der Waals surface area contributed by atoms with Crippen LogP contribution in [-0.2, 0) is 0 Å². The van der Waals surface area contributed by atoms with Gasteiger partial charge in [0.1, 0.15) is 0 Å². The van der Waals surface area contributed by atoms with Gasteiger partial charge in [0.2, 0.25) is 0 Å². The van der Waals surface area contributed by atoms with Crippen molar-refractivity contribution in [1.82, 2.24) is 4.90 Å². The molecule has 1 aliphatic rings. The molecule has 2 N–H and O–H groups in total. The van der Waals surface area contributed by atoms with E-state index in [1.54, 1.807) is 12.1 Å². The van der Waals surface area contributed by atoms with Crippen molar-refractivity contribution in [3.8, 4) is 5.75 Å². The standard InChI is InChI=1S/C14H21FN2O/c1-9-7-17(8-13(9)16)10(2)11-4-5-14(18-3)12(15)6-11/h4-6,9-10,13H,7-8,16H2,1-3H3. The second kappa shape index (κ2) is 5.24. The number of hydrogen-bond donors (Lipinski definition) is 1. The molecule has 0 aliphatic carbocycles. The number of nitrogens with zero attached hydrogens (tertiary/aromatic N) is 1. The number of benzene rings is 1. The number of ether oxygens (including phenoxy) is 1. The molecule has 1 fully saturated rings. The Labute approximate surface area is 108 Å². The lowest BCUT2D eigenvalue weighted by atomic mass is 10.1. The van der Waals surface area contributed by atoms with Crippen molar-refractivity contribution in [2.45, 2.75) is 25.9 Å². The van der Waals surface area contributed by atoms with Gasteiger partial charge in [0.05, 0.1) is 7.11 Å². The summed E-state index contributed by atoms with van der Waals surface area (Å²) < 4.78 is 18.6. The molecule has 4 heteroatoms. The van der Waals surface area contributed by atoms with E-state index in [1.165, 1.54) is 7.11 Å². The summed E-state index contributed by atoms with van der Waals surface area (Å²) in [4.78, 5) is 2.30. The van der Waals surface area contributed by atoms with Crippen molar-refractivity contribution in [1.29, 1.82) is 0 Å². The van der Waals surface area contributed by atoms with Gasteiger partial charge < -0.3 is 10.5 Å². The van der Waals surface area contributed by atoms with Crippen molar-refractivity contribution in [2.75, 3.05) is 20.2 Å². The number of halogens is 1. The number of rotatable bonds is 3. The minimum atomic E-state index is -0.307.